The molecule has 0 fully saturated rings. The molecule has 1 aromatic heterocycles. The Labute approximate surface area is 154 Å². The fourth-order valence-corrected chi connectivity index (χ4v) is 3.42. The molecule has 0 saturated carbocycles. The lowest BCUT2D eigenvalue weighted by molar-refractivity contribution is -0.149. The van der Waals surface area contributed by atoms with E-state index in [1.807, 2.05) is 41.8 Å². The van der Waals surface area contributed by atoms with Gasteiger partial charge in [0.1, 0.15) is 5.75 Å². The molecule has 0 amide bonds. The Morgan fingerprint density at radius 1 is 1.19 bits per heavy atom. The molecule has 3 N–H and O–H groups in total. The highest BCUT2D eigenvalue weighted by atomic mass is 16.5. The number of ketones is 2. The summed E-state index contributed by atoms with van der Waals surface area (Å²) in [5.74, 6) is -3.42. The normalized spacial score (nSPS) is 16.3. The molecule has 2 aromatic carbocycles. The fraction of sp³-hybridized carbons (Fsp3) is 0.150. The van der Waals surface area contributed by atoms with Crippen LogP contribution in [0.15, 0.2) is 42.5 Å². The van der Waals surface area contributed by atoms with Gasteiger partial charge in [-0.15, -0.1) is 0 Å². The van der Waals surface area contributed by atoms with Gasteiger partial charge in [-0.3, -0.25) is 9.59 Å². The van der Waals surface area contributed by atoms with Crippen LogP contribution in [0, 0.1) is 6.92 Å². The molecule has 0 saturated heterocycles. The maximum Gasteiger partial charge on any atom is 0.353 e. The quantitative estimate of drug-likeness (QED) is 0.544. The number of carbonyl (C=O) groups excluding carboxylic acids is 2. The number of Topliss-reactive ketones (excluding diaryl/α,β-unsaturated/α-hetero) is 2. The van der Waals surface area contributed by atoms with Crippen LogP contribution in [-0.4, -0.2) is 33.3 Å². The lowest BCUT2D eigenvalue weighted by Crippen LogP contribution is -2.43. The van der Waals surface area contributed by atoms with Crippen LogP contribution in [0.25, 0.3) is 10.9 Å². The van der Waals surface area contributed by atoms with Crippen molar-refractivity contribution in [1.29, 1.82) is 0 Å². The van der Waals surface area contributed by atoms with E-state index in [1.165, 1.54) is 6.07 Å². The Bertz CT molecular complexity index is 1110. The lowest BCUT2D eigenvalue weighted by atomic mass is 9.97. The van der Waals surface area contributed by atoms with Crippen molar-refractivity contribution in [2.45, 2.75) is 19.6 Å². The first-order valence-electron chi connectivity index (χ1n) is 8.33. The number of nitrogens with two attached hydrogens (primary N) is 1. The number of benzene rings is 2. The number of fused-ring (bicyclic) bond motifs is 3. The predicted octanol–water partition coefficient (Wildman–Crippen LogP) is 2.18. The first-order valence-corrected chi connectivity index (χ1v) is 8.33. The molecule has 0 radical (unpaired) electrons. The van der Waals surface area contributed by atoms with E-state index in [0.717, 1.165) is 11.3 Å². The van der Waals surface area contributed by atoms with Crippen LogP contribution in [0.3, 0.4) is 0 Å². The van der Waals surface area contributed by atoms with Gasteiger partial charge in [-0.2, -0.15) is 0 Å². The van der Waals surface area contributed by atoms with Gasteiger partial charge in [0.05, 0.1) is 22.2 Å². The number of anilines is 1. The van der Waals surface area contributed by atoms with Crippen molar-refractivity contribution >= 4 is 34.1 Å². The second-order valence-corrected chi connectivity index (χ2v) is 6.44. The molecule has 1 atom stereocenters. The first kappa shape index (κ1) is 16.8. The summed E-state index contributed by atoms with van der Waals surface area (Å²) in [5, 5.41) is 9.67. The smallest absolute Gasteiger partial charge is 0.353 e. The van der Waals surface area contributed by atoms with E-state index in [4.69, 9.17) is 10.5 Å². The second kappa shape index (κ2) is 5.98. The zero-order chi connectivity index (χ0) is 19.3. The van der Waals surface area contributed by atoms with Gasteiger partial charge in [0, 0.05) is 12.2 Å². The van der Waals surface area contributed by atoms with Crippen molar-refractivity contribution in [2.24, 2.45) is 0 Å². The van der Waals surface area contributed by atoms with Crippen LogP contribution in [0.1, 0.15) is 21.6 Å². The molecule has 1 unspecified atom stereocenters. The number of hydrogen-bond donors (Lipinski definition) is 2. The van der Waals surface area contributed by atoms with E-state index < -0.39 is 23.6 Å². The van der Waals surface area contributed by atoms with E-state index in [1.54, 1.807) is 6.07 Å². The van der Waals surface area contributed by atoms with Crippen LogP contribution in [0.2, 0.25) is 0 Å². The van der Waals surface area contributed by atoms with Gasteiger partial charge >= 0.3 is 5.97 Å². The van der Waals surface area contributed by atoms with Gasteiger partial charge in [-0.1, -0.05) is 30.3 Å². The minimum Gasteiger partial charge on any atom is -0.478 e. The third kappa shape index (κ3) is 2.47. The molecular weight excluding hydrogens is 348 g/mol. The minimum absolute atomic E-state index is 0.0357. The Hall–Kier alpha value is -3.61. The Morgan fingerprint density at radius 2 is 1.89 bits per heavy atom. The summed E-state index contributed by atoms with van der Waals surface area (Å²) in [4.78, 5) is 35.6. The summed E-state index contributed by atoms with van der Waals surface area (Å²) in [5.41, 5.74) is 9.24. The maximum absolute atomic E-state index is 12.3. The highest BCUT2D eigenvalue weighted by molar-refractivity contribution is 6.49. The molecule has 27 heavy (non-hydrogen) atoms. The van der Waals surface area contributed by atoms with Crippen LogP contribution < -0.4 is 10.5 Å². The zero-order valence-corrected chi connectivity index (χ0v) is 14.4. The van der Waals surface area contributed by atoms with Gasteiger partial charge in [0.2, 0.25) is 5.78 Å². The predicted molar refractivity (Wildman–Crippen MR) is 98.0 cm³/mol. The van der Waals surface area contributed by atoms with Gasteiger partial charge in [-0.25, -0.2) is 4.79 Å². The second-order valence-electron chi connectivity index (χ2n) is 6.44. The molecule has 4 rings (SSSR count). The molecular formula is C20H16N2O5. The molecule has 0 aliphatic carbocycles. The number of nitrogens with zero attached hydrogens (tertiary/aromatic N) is 1. The summed E-state index contributed by atoms with van der Waals surface area (Å²) in [7, 11) is 0. The minimum atomic E-state index is -1.85. The van der Waals surface area contributed by atoms with E-state index in [0.29, 0.717) is 23.1 Å². The average Bonchev–Trinajstić information content (AvgIpc) is 2.90. The molecule has 1 aliphatic heterocycles. The Morgan fingerprint density at radius 3 is 2.56 bits per heavy atom. The fourth-order valence-electron chi connectivity index (χ4n) is 3.42. The standard InChI is InChI=1S/C20H16N2O5/c1-10-15(21)14-13(22(10)9-11-5-3-2-4-6-11)8-7-12-16(23)17(24)19(20(25)26)27-18(12)14/h2-8,19H,9,21H2,1H3,(H,25,26). The van der Waals surface area contributed by atoms with Gasteiger partial charge in [0.15, 0.2) is 0 Å². The van der Waals surface area contributed by atoms with E-state index >= 15 is 0 Å². The number of hydrogen-bond acceptors (Lipinski definition) is 5. The maximum atomic E-state index is 12.3. The summed E-state index contributed by atoms with van der Waals surface area (Å²) in [6.07, 6.45) is -1.85. The number of carbonyl (C=O) groups is 3. The van der Waals surface area contributed by atoms with Crippen molar-refractivity contribution in [2.75, 3.05) is 5.73 Å². The average molecular weight is 364 g/mol. The highest BCUT2D eigenvalue weighted by Crippen LogP contribution is 2.41. The monoisotopic (exact) mass is 364 g/mol. The molecule has 0 bridgehead atoms. The number of carboxylic acids is 1. The number of aromatic nitrogens is 1. The van der Waals surface area contributed by atoms with Crippen LogP contribution in [0.4, 0.5) is 5.69 Å². The SMILES string of the molecule is Cc1c(N)c2c3c(ccc2n1Cc1ccccc1)C(=O)C(=O)C(C(=O)O)O3. The first-order chi connectivity index (χ1) is 12.9. The molecule has 3 aromatic rings. The number of rotatable bonds is 3. The summed E-state index contributed by atoms with van der Waals surface area (Å²) < 4.78 is 7.40. The Kier molecular flexibility index (Phi) is 3.73. The third-order valence-corrected chi connectivity index (χ3v) is 4.84. The molecule has 1 aliphatic rings. The summed E-state index contributed by atoms with van der Waals surface area (Å²) >= 11 is 0. The van der Waals surface area contributed by atoms with E-state index in [-0.39, 0.29) is 11.3 Å². The number of carboxylic acid groups (broad SMARTS) is 1. The van der Waals surface area contributed by atoms with Crippen molar-refractivity contribution in [1.82, 2.24) is 4.57 Å². The van der Waals surface area contributed by atoms with E-state index in [9.17, 15) is 19.5 Å². The van der Waals surface area contributed by atoms with Crippen molar-refractivity contribution in [3.63, 3.8) is 0 Å². The molecule has 0 spiro atoms. The van der Waals surface area contributed by atoms with Crippen molar-refractivity contribution in [3.05, 3.63) is 59.3 Å². The number of aliphatic carboxylic acids is 1. The molecule has 7 nitrogen and oxygen atoms in total. The van der Waals surface area contributed by atoms with Crippen molar-refractivity contribution < 1.29 is 24.2 Å². The zero-order valence-electron chi connectivity index (χ0n) is 14.4. The van der Waals surface area contributed by atoms with Crippen molar-refractivity contribution in [3.8, 4) is 5.75 Å². The van der Waals surface area contributed by atoms with Crippen LogP contribution >= 0.6 is 0 Å². The summed E-state index contributed by atoms with van der Waals surface area (Å²) in [6, 6.07) is 13.0. The van der Waals surface area contributed by atoms with Gasteiger partial charge in [0.25, 0.3) is 11.9 Å². The van der Waals surface area contributed by atoms with E-state index in [2.05, 4.69) is 0 Å². The molecule has 7 heteroatoms. The topological polar surface area (TPSA) is 112 Å². The van der Waals surface area contributed by atoms with Gasteiger partial charge in [-0.05, 0) is 24.6 Å². The summed E-state index contributed by atoms with van der Waals surface area (Å²) in [6.45, 7) is 2.39. The molecule has 2 heterocycles. The number of nitrogen functional groups attached to an aromatic ring is 1. The molecule has 136 valence electrons. The largest absolute Gasteiger partial charge is 0.478 e. The third-order valence-electron chi connectivity index (χ3n) is 4.84. The Balaban J connectivity index is 1.93. The lowest BCUT2D eigenvalue weighted by Gasteiger charge is -2.22. The number of ether oxygens (including phenoxy) is 1. The van der Waals surface area contributed by atoms with Crippen LogP contribution in [0.5, 0.6) is 5.75 Å². The van der Waals surface area contributed by atoms with Gasteiger partial charge < -0.3 is 20.1 Å². The highest BCUT2D eigenvalue weighted by Gasteiger charge is 2.41. The van der Waals surface area contributed by atoms with Crippen LogP contribution in [-0.2, 0) is 16.1 Å².